The number of rotatable bonds is 4. The van der Waals surface area contributed by atoms with E-state index in [1.807, 2.05) is 6.92 Å². The van der Waals surface area contributed by atoms with Gasteiger partial charge < -0.3 is 0 Å². The summed E-state index contributed by atoms with van der Waals surface area (Å²) in [4.78, 5) is 11.7. The van der Waals surface area contributed by atoms with Crippen molar-refractivity contribution in [3.8, 4) is 0 Å². The number of nitrogens with zero attached hydrogens (tertiary/aromatic N) is 5. The van der Waals surface area contributed by atoms with E-state index in [0.29, 0.717) is 5.69 Å². The lowest BCUT2D eigenvalue weighted by molar-refractivity contribution is -0.121. The lowest BCUT2D eigenvalue weighted by Gasteiger charge is -2.02. The van der Waals surface area contributed by atoms with E-state index < -0.39 is 5.95 Å². The van der Waals surface area contributed by atoms with Crippen LogP contribution in [-0.2, 0) is 18.4 Å². The third-order valence-electron chi connectivity index (χ3n) is 2.92. The number of halogens is 2. The summed E-state index contributed by atoms with van der Waals surface area (Å²) < 4.78 is 17.1. The summed E-state index contributed by atoms with van der Waals surface area (Å²) in [5.41, 5.74) is 3.91. The third kappa shape index (κ3) is 3.35. The van der Waals surface area contributed by atoms with Gasteiger partial charge in [-0.1, -0.05) is 0 Å². The molecule has 0 aromatic carbocycles. The zero-order chi connectivity index (χ0) is 15.6. The molecule has 2 rings (SSSR count). The number of hydrogen-bond acceptors (Lipinski definition) is 4. The quantitative estimate of drug-likeness (QED) is 0.662. The van der Waals surface area contributed by atoms with Crippen molar-refractivity contribution in [3.63, 3.8) is 0 Å². The lowest BCUT2D eigenvalue weighted by atomic mass is 10.3. The van der Waals surface area contributed by atoms with Crippen LogP contribution in [0.4, 0.5) is 4.39 Å². The molecule has 0 unspecified atom stereocenters. The molecule has 9 heteroatoms. The van der Waals surface area contributed by atoms with Crippen LogP contribution in [0.15, 0.2) is 15.8 Å². The first-order valence-corrected chi connectivity index (χ1v) is 6.88. The van der Waals surface area contributed by atoms with Crippen LogP contribution >= 0.6 is 15.9 Å². The first kappa shape index (κ1) is 15.4. The Labute approximate surface area is 129 Å². The van der Waals surface area contributed by atoms with Crippen molar-refractivity contribution in [2.75, 3.05) is 0 Å². The number of carbonyl (C=O) groups excluding carboxylic acids is 1. The molecule has 0 aliphatic heterocycles. The maximum atomic E-state index is 13.6. The molecule has 7 nitrogen and oxygen atoms in total. The standard InChI is InChI=1S/C12H14BrFN6O/c1-7-9(12(14)19(3)18-7)4-15-17-11(21)6-20-8(2)10(13)5-16-20/h4-5H,6H2,1-3H3,(H,17,21)/b15-4+. The summed E-state index contributed by atoms with van der Waals surface area (Å²) in [6.45, 7) is 3.53. The van der Waals surface area contributed by atoms with Gasteiger partial charge in [-0.05, 0) is 29.8 Å². The summed E-state index contributed by atoms with van der Waals surface area (Å²) in [7, 11) is 1.50. The molecule has 2 heterocycles. The van der Waals surface area contributed by atoms with Crippen LogP contribution < -0.4 is 5.43 Å². The SMILES string of the molecule is Cc1nn(C)c(F)c1/C=N/NC(=O)Cn1ncc(Br)c1C. The van der Waals surface area contributed by atoms with Gasteiger partial charge >= 0.3 is 0 Å². The Kier molecular flexibility index (Phi) is 4.51. The van der Waals surface area contributed by atoms with E-state index in [1.165, 1.54) is 17.9 Å². The summed E-state index contributed by atoms with van der Waals surface area (Å²) in [5.74, 6) is -0.857. The Hall–Kier alpha value is -2.03. The van der Waals surface area contributed by atoms with Gasteiger partial charge in [-0.3, -0.25) is 9.48 Å². The summed E-state index contributed by atoms with van der Waals surface area (Å²) in [6, 6.07) is 0. The number of aryl methyl sites for hydroxylation is 2. The molecule has 0 bridgehead atoms. The molecule has 2 aromatic rings. The maximum Gasteiger partial charge on any atom is 0.261 e. The van der Waals surface area contributed by atoms with Gasteiger partial charge in [0.1, 0.15) is 6.54 Å². The second-order valence-electron chi connectivity index (χ2n) is 4.44. The van der Waals surface area contributed by atoms with Crippen LogP contribution in [0.5, 0.6) is 0 Å². The first-order chi connectivity index (χ1) is 9.90. The Morgan fingerprint density at radius 2 is 2.29 bits per heavy atom. The van der Waals surface area contributed by atoms with Gasteiger partial charge in [0, 0.05) is 7.05 Å². The van der Waals surface area contributed by atoms with Crippen LogP contribution in [0.25, 0.3) is 0 Å². The monoisotopic (exact) mass is 356 g/mol. The molecule has 112 valence electrons. The molecule has 21 heavy (non-hydrogen) atoms. The van der Waals surface area contributed by atoms with E-state index in [1.54, 1.807) is 13.1 Å². The zero-order valence-electron chi connectivity index (χ0n) is 11.8. The molecule has 0 saturated heterocycles. The molecule has 0 aliphatic rings. The predicted molar refractivity (Wildman–Crippen MR) is 78.3 cm³/mol. The largest absolute Gasteiger partial charge is 0.271 e. The minimum absolute atomic E-state index is 0.0310. The van der Waals surface area contributed by atoms with Gasteiger partial charge in [-0.25, -0.2) is 10.1 Å². The highest BCUT2D eigenvalue weighted by atomic mass is 79.9. The zero-order valence-corrected chi connectivity index (χ0v) is 13.3. The van der Waals surface area contributed by atoms with E-state index in [2.05, 4.69) is 36.7 Å². The molecule has 0 saturated carbocycles. The highest BCUT2D eigenvalue weighted by Crippen LogP contribution is 2.13. The molecule has 1 amide bonds. The molecular formula is C12H14BrFN6O. The molecule has 2 aromatic heterocycles. The molecule has 0 spiro atoms. The fourth-order valence-electron chi connectivity index (χ4n) is 1.72. The van der Waals surface area contributed by atoms with Crippen molar-refractivity contribution in [1.82, 2.24) is 25.0 Å². The highest BCUT2D eigenvalue weighted by Gasteiger charge is 2.11. The second-order valence-corrected chi connectivity index (χ2v) is 5.30. The van der Waals surface area contributed by atoms with Gasteiger partial charge in [-0.2, -0.15) is 19.7 Å². The molecule has 0 aliphatic carbocycles. The smallest absolute Gasteiger partial charge is 0.261 e. The van der Waals surface area contributed by atoms with Gasteiger partial charge in [-0.15, -0.1) is 0 Å². The van der Waals surface area contributed by atoms with Gasteiger partial charge in [0.15, 0.2) is 0 Å². The number of aromatic nitrogens is 4. The summed E-state index contributed by atoms with van der Waals surface area (Å²) in [5, 5.41) is 11.7. The molecule has 0 fully saturated rings. The Morgan fingerprint density at radius 1 is 1.57 bits per heavy atom. The van der Waals surface area contributed by atoms with E-state index >= 15 is 0 Å². The second kappa shape index (κ2) is 6.17. The van der Waals surface area contributed by atoms with Crippen molar-refractivity contribution in [3.05, 3.63) is 33.6 Å². The van der Waals surface area contributed by atoms with E-state index in [0.717, 1.165) is 14.8 Å². The fraction of sp³-hybridized carbons (Fsp3) is 0.333. The topological polar surface area (TPSA) is 77.1 Å². The number of hydrazone groups is 1. The van der Waals surface area contributed by atoms with Gasteiger partial charge in [0.2, 0.25) is 5.95 Å². The van der Waals surface area contributed by atoms with Crippen molar-refractivity contribution in [2.24, 2.45) is 12.1 Å². The number of amides is 1. The van der Waals surface area contributed by atoms with E-state index in [4.69, 9.17) is 0 Å². The van der Waals surface area contributed by atoms with Gasteiger partial charge in [0.25, 0.3) is 5.91 Å². The normalized spacial score (nSPS) is 11.3. The molecular weight excluding hydrogens is 343 g/mol. The van der Waals surface area contributed by atoms with Crippen LogP contribution in [0, 0.1) is 19.8 Å². The van der Waals surface area contributed by atoms with Crippen LogP contribution in [0.1, 0.15) is 17.0 Å². The molecule has 1 N–H and O–H groups in total. The van der Waals surface area contributed by atoms with Crippen molar-refractivity contribution in [1.29, 1.82) is 0 Å². The first-order valence-electron chi connectivity index (χ1n) is 6.09. The maximum absolute atomic E-state index is 13.6. The Bertz CT molecular complexity index is 705. The van der Waals surface area contributed by atoms with Gasteiger partial charge in [0.05, 0.1) is 33.8 Å². The molecule has 0 atom stereocenters. The van der Waals surface area contributed by atoms with Crippen molar-refractivity contribution in [2.45, 2.75) is 20.4 Å². The summed E-state index contributed by atoms with van der Waals surface area (Å²) in [6.07, 6.45) is 2.85. The Balaban J connectivity index is 1.98. The lowest BCUT2D eigenvalue weighted by Crippen LogP contribution is -2.24. The van der Waals surface area contributed by atoms with Crippen molar-refractivity contribution >= 4 is 28.1 Å². The van der Waals surface area contributed by atoms with E-state index in [9.17, 15) is 9.18 Å². The predicted octanol–water partition coefficient (Wildman–Crippen LogP) is 1.29. The average molecular weight is 357 g/mol. The minimum Gasteiger partial charge on any atom is -0.271 e. The number of nitrogens with one attached hydrogen (secondary N) is 1. The van der Waals surface area contributed by atoms with Crippen LogP contribution in [0.2, 0.25) is 0 Å². The fourth-order valence-corrected chi connectivity index (χ4v) is 2.01. The number of carbonyl (C=O) groups is 1. The Morgan fingerprint density at radius 3 is 2.81 bits per heavy atom. The van der Waals surface area contributed by atoms with Crippen LogP contribution in [-0.4, -0.2) is 31.7 Å². The molecule has 0 radical (unpaired) electrons. The number of hydrogen-bond donors (Lipinski definition) is 1. The van der Waals surface area contributed by atoms with E-state index in [-0.39, 0.29) is 18.0 Å². The van der Waals surface area contributed by atoms with Crippen LogP contribution in [0.3, 0.4) is 0 Å². The summed E-state index contributed by atoms with van der Waals surface area (Å²) >= 11 is 3.31. The average Bonchev–Trinajstić information content (AvgIpc) is 2.86. The highest BCUT2D eigenvalue weighted by molar-refractivity contribution is 9.10. The van der Waals surface area contributed by atoms with Crippen molar-refractivity contribution < 1.29 is 9.18 Å². The third-order valence-corrected chi connectivity index (χ3v) is 3.69. The minimum atomic E-state index is -0.502.